The molecule has 0 radical (unpaired) electrons. The Morgan fingerprint density at radius 3 is 2.56 bits per heavy atom. The first-order chi connectivity index (χ1) is 12.2. The van der Waals surface area contributed by atoms with E-state index >= 15 is 0 Å². The number of thioether (sulfide) groups is 1. The molecule has 0 N–H and O–H groups in total. The monoisotopic (exact) mass is 481 g/mol. The van der Waals surface area contributed by atoms with Crippen LogP contribution in [0.1, 0.15) is 18.3 Å². The number of aromatic nitrogens is 3. The number of benzene rings is 2. The molecule has 4 nitrogen and oxygen atoms in total. The Morgan fingerprint density at radius 2 is 1.84 bits per heavy atom. The van der Waals surface area contributed by atoms with Gasteiger partial charge in [-0.1, -0.05) is 55.8 Å². The number of nitrogens with zero attached hydrogens (tertiary/aromatic N) is 3. The second kappa shape index (κ2) is 8.87. The molecule has 0 unspecified atom stereocenters. The summed E-state index contributed by atoms with van der Waals surface area (Å²) in [5.74, 6) is 2.50. The van der Waals surface area contributed by atoms with Crippen LogP contribution >= 0.6 is 43.6 Å². The topological polar surface area (TPSA) is 39.9 Å². The van der Waals surface area contributed by atoms with E-state index in [-0.39, 0.29) is 0 Å². The second-order valence-electron chi connectivity index (χ2n) is 5.30. The van der Waals surface area contributed by atoms with Crippen LogP contribution in [0.25, 0.3) is 0 Å². The molecule has 3 aromatic rings. The fourth-order valence-electron chi connectivity index (χ4n) is 2.30. The zero-order valence-corrected chi connectivity index (χ0v) is 17.6. The van der Waals surface area contributed by atoms with Crippen LogP contribution < -0.4 is 4.74 Å². The van der Waals surface area contributed by atoms with Gasteiger partial charge in [0.15, 0.2) is 11.0 Å². The van der Waals surface area contributed by atoms with Crippen molar-refractivity contribution in [3.05, 3.63) is 68.9 Å². The van der Waals surface area contributed by atoms with Gasteiger partial charge in [0.25, 0.3) is 0 Å². The van der Waals surface area contributed by atoms with E-state index in [0.29, 0.717) is 6.61 Å². The molecule has 0 saturated carbocycles. The molecule has 0 fully saturated rings. The van der Waals surface area contributed by atoms with Crippen LogP contribution in [0.3, 0.4) is 0 Å². The fraction of sp³-hybridized carbons (Fsp3) is 0.222. The number of hydrogen-bond acceptors (Lipinski definition) is 4. The Kier molecular flexibility index (Phi) is 6.56. The van der Waals surface area contributed by atoms with Crippen molar-refractivity contribution >= 4 is 43.6 Å². The maximum absolute atomic E-state index is 5.82. The first-order valence-corrected chi connectivity index (χ1v) is 10.4. The molecule has 0 amide bonds. The van der Waals surface area contributed by atoms with Crippen LogP contribution in [0.2, 0.25) is 0 Å². The molecule has 0 aliphatic rings. The van der Waals surface area contributed by atoms with Crippen molar-refractivity contribution in [3.8, 4) is 5.75 Å². The summed E-state index contributed by atoms with van der Waals surface area (Å²) in [5, 5.41) is 9.54. The van der Waals surface area contributed by atoms with Crippen molar-refractivity contribution in [2.75, 3.05) is 0 Å². The largest absolute Gasteiger partial charge is 0.486 e. The van der Waals surface area contributed by atoms with Gasteiger partial charge in [0.1, 0.15) is 12.4 Å². The van der Waals surface area contributed by atoms with Gasteiger partial charge in [-0.2, -0.15) is 0 Å². The Labute approximate surface area is 168 Å². The SMILES string of the molecule is CCn1c(COc2ccc(Br)cc2)nnc1SCc1cccc(Br)c1. The van der Waals surface area contributed by atoms with E-state index in [1.807, 2.05) is 36.4 Å². The van der Waals surface area contributed by atoms with Crippen molar-refractivity contribution in [3.63, 3.8) is 0 Å². The number of ether oxygens (including phenoxy) is 1. The minimum absolute atomic E-state index is 0.403. The summed E-state index contributed by atoms with van der Waals surface area (Å²) in [6, 6.07) is 16.1. The van der Waals surface area contributed by atoms with Crippen molar-refractivity contribution in [1.82, 2.24) is 14.8 Å². The van der Waals surface area contributed by atoms with Gasteiger partial charge >= 0.3 is 0 Å². The number of hydrogen-bond donors (Lipinski definition) is 0. The van der Waals surface area contributed by atoms with Gasteiger partial charge in [-0.25, -0.2) is 0 Å². The van der Waals surface area contributed by atoms with Crippen molar-refractivity contribution in [1.29, 1.82) is 0 Å². The predicted molar refractivity (Wildman–Crippen MR) is 108 cm³/mol. The van der Waals surface area contributed by atoms with Crippen molar-refractivity contribution < 1.29 is 4.74 Å². The summed E-state index contributed by atoms with van der Waals surface area (Å²) in [6.07, 6.45) is 0. The highest BCUT2D eigenvalue weighted by Gasteiger charge is 2.12. The van der Waals surface area contributed by atoms with Crippen molar-refractivity contribution in [2.45, 2.75) is 31.0 Å². The number of rotatable bonds is 7. The van der Waals surface area contributed by atoms with Crippen LogP contribution in [0, 0.1) is 0 Å². The summed E-state index contributed by atoms with van der Waals surface area (Å²) >= 11 is 8.61. The molecule has 25 heavy (non-hydrogen) atoms. The smallest absolute Gasteiger partial charge is 0.191 e. The minimum atomic E-state index is 0.403. The highest BCUT2D eigenvalue weighted by atomic mass is 79.9. The maximum atomic E-state index is 5.82. The van der Waals surface area contributed by atoms with E-state index in [4.69, 9.17) is 4.74 Å². The summed E-state index contributed by atoms with van der Waals surface area (Å²) in [6.45, 7) is 3.31. The zero-order valence-electron chi connectivity index (χ0n) is 13.7. The molecular formula is C18H17Br2N3OS. The third-order valence-corrected chi connectivity index (χ3v) is 5.61. The van der Waals surface area contributed by atoms with Gasteiger partial charge in [0, 0.05) is 21.2 Å². The lowest BCUT2D eigenvalue weighted by Gasteiger charge is -2.09. The Morgan fingerprint density at radius 1 is 1.04 bits per heavy atom. The van der Waals surface area contributed by atoms with Gasteiger partial charge in [0.2, 0.25) is 0 Å². The molecular weight excluding hydrogens is 466 g/mol. The molecule has 1 heterocycles. The van der Waals surface area contributed by atoms with E-state index in [9.17, 15) is 0 Å². The third kappa shape index (κ3) is 5.09. The third-order valence-electron chi connectivity index (χ3n) is 3.55. The Bertz CT molecular complexity index is 837. The average molecular weight is 483 g/mol. The summed E-state index contributed by atoms with van der Waals surface area (Å²) in [4.78, 5) is 0. The summed E-state index contributed by atoms with van der Waals surface area (Å²) in [7, 11) is 0. The van der Waals surface area contributed by atoms with Gasteiger partial charge in [-0.05, 0) is 48.9 Å². The van der Waals surface area contributed by atoms with Crippen LogP contribution in [0.5, 0.6) is 5.75 Å². The molecule has 0 aliphatic carbocycles. The average Bonchev–Trinajstić information content (AvgIpc) is 3.01. The highest BCUT2D eigenvalue weighted by Crippen LogP contribution is 2.24. The molecule has 0 saturated heterocycles. The van der Waals surface area contributed by atoms with E-state index in [1.165, 1.54) is 5.56 Å². The van der Waals surface area contributed by atoms with Crippen LogP contribution in [-0.4, -0.2) is 14.8 Å². The highest BCUT2D eigenvalue weighted by molar-refractivity contribution is 9.10. The second-order valence-corrected chi connectivity index (χ2v) is 8.08. The van der Waals surface area contributed by atoms with Crippen molar-refractivity contribution in [2.24, 2.45) is 0 Å². The molecule has 130 valence electrons. The lowest BCUT2D eigenvalue weighted by Crippen LogP contribution is -2.07. The molecule has 0 atom stereocenters. The van der Waals surface area contributed by atoms with Crippen LogP contribution in [-0.2, 0) is 18.9 Å². The quantitative estimate of drug-likeness (QED) is 0.405. The number of halogens is 2. The standard InChI is InChI=1S/C18H17Br2N3OS/c1-2-23-17(11-24-16-8-6-14(19)7-9-16)21-22-18(23)25-12-13-4-3-5-15(20)10-13/h3-10H,2,11-12H2,1H3. The predicted octanol–water partition coefficient (Wildman–Crippen LogP) is 5.69. The normalized spacial score (nSPS) is 10.8. The zero-order chi connectivity index (χ0) is 17.6. The van der Waals surface area contributed by atoms with Crippen LogP contribution in [0.4, 0.5) is 0 Å². The van der Waals surface area contributed by atoms with Gasteiger partial charge in [-0.15, -0.1) is 10.2 Å². The van der Waals surface area contributed by atoms with Gasteiger partial charge < -0.3 is 9.30 Å². The molecule has 0 aliphatic heterocycles. The van der Waals surface area contributed by atoms with E-state index in [1.54, 1.807) is 11.8 Å². The molecule has 0 bridgehead atoms. The first kappa shape index (κ1) is 18.5. The van der Waals surface area contributed by atoms with Gasteiger partial charge in [-0.3, -0.25) is 0 Å². The van der Waals surface area contributed by atoms with E-state index in [2.05, 4.69) is 65.7 Å². The molecule has 1 aromatic heterocycles. The molecule has 0 spiro atoms. The van der Waals surface area contributed by atoms with Gasteiger partial charge in [0.05, 0.1) is 0 Å². The Hall–Kier alpha value is -1.31. The first-order valence-electron chi connectivity index (χ1n) is 7.83. The molecule has 7 heteroatoms. The van der Waals surface area contributed by atoms with Crippen LogP contribution in [0.15, 0.2) is 62.6 Å². The summed E-state index contributed by atoms with van der Waals surface area (Å²) < 4.78 is 10.0. The summed E-state index contributed by atoms with van der Waals surface area (Å²) in [5.41, 5.74) is 1.25. The minimum Gasteiger partial charge on any atom is -0.486 e. The van der Waals surface area contributed by atoms with E-state index in [0.717, 1.165) is 38.0 Å². The van der Waals surface area contributed by atoms with E-state index < -0.39 is 0 Å². The fourth-order valence-corrected chi connectivity index (χ4v) is 3.98. The maximum Gasteiger partial charge on any atom is 0.191 e. The lowest BCUT2D eigenvalue weighted by atomic mass is 10.2. The molecule has 2 aromatic carbocycles. The molecule has 3 rings (SSSR count). The Balaban J connectivity index is 1.64. The lowest BCUT2D eigenvalue weighted by molar-refractivity contribution is 0.288.